The first-order chi connectivity index (χ1) is 8.21. The van der Waals surface area contributed by atoms with Crippen LogP contribution < -0.4 is 48.0 Å². The van der Waals surface area contributed by atoms with Crippen LogP contribution in [0.25, 0.3) is 0 Å². The summed E-state index contributed by atoms with van der Waals surface area (Å²) in [6.45, 7) is 2.65. The molecule has 0 spiro atoms. The molecule has 0 aromatic heterocycles. The average molecular weight is 512 g/mol. The molecule has 0 amide bonds. The Morgan fingerprint density at radius 2 is 0.600 bits per heavy atom. The highest BCUT2D eigenvalue weighted by atomic mass is 127. The van der Waals surface area contributed by atoms with Crippen molar-refractivity contribution in [2.45, 2.75) is 51.4 Å². The second kappa shape index (κ2) is 14.0. The monoisotopic (exact) mass is 512 g/mol. The number of nitrogens with zero attached hydrogens (tertiary/aromatic N) is 2. The van der Waals surface area contributed by atoms with Gasteiger partial charge in [-0.15, -0.1) is 0 Å². The molecular weight excluding hydrogens is 474 g/mol. The number of hydrogen-bond donors (Lipinski definition) is 0. The number of unbranched alkanes of at least 4 members (excludes halogenated alkanes) is 7. The van der Waals surface area contributed by atoms with Crippen LogP contribution in [0.3, 0.4) is 0 Å². The van der Waals surface area contributed by atoms with E-state index >= 15 is 0 Å². The summed E-state index contributed by atoms with van der Waals surface area (Å²) in [7, 11) is 13.7. The van der Waals surface area contributed by atoms with Gasteiger partial charge in [0.05, 0.1) is 55.4 Å². The second-order valence-electron chi connectivity index (χ2n) is 7.86. The van der Waals surface area contributed by atoms with E-state index in [1.54, 1.807) is 0 Å². The molecule has 0 radical (unpaired) electrons. The van der Waals surface area contributed by atoms with Gasteiger partial charge in [-0.3, -0.25) is 0 Å². The lowest BCUT2D eigenvalue weighted by Gasteiger charge is -2.23. The van der Waals surface area contributed by atoms with Crippen molar-refractivity contribution in [3.8, 4) is 0 Å². The molecule has 0 aliphatic heterocycles. The van der Waals surface area contributed by atoms with Gasteiger partial charge in [-0.25, -0.2) is 0 Å². The van der Waals surface area contributed by atoms with Gasteiger partial charge in [0.15, 0.2) is 0 Å². The van der Waals surface area contributed by atoms with Crippen LogP contribution in [0.1, 0.15) is 51.4 Å². The summed E-state index contributed by atoms with van der Waals surface area (Å²) in [5.41, 5.74) is 0. The SMILES string of the molecule is C[N+](C)(C)CCCCCCCCCC[N+](C)(C)C.[I-].[I-]. The van der Waals surface area contributed by atoms with Gasteiger partial charge in [0.2, 0.25) is 0 Å². The number of quaternary nitrogens is 2. The van der Waals surface area contributed by atoms with Crippen LogP contribution in [0.15, 0.2) is 0 Å². The predicted octanol–water partition coefficient (Wildman–Crippen LogP) is -2.47. The minimum absolute atomic E-state index is 0. The standard InChI is InChI=1S/C16H38N2.2HI/c1-17(2,3)15-13-11-9-7-8-10-12-14-16-18(4,5)6;;/h7-16H2,1-6H3;2*1H/q+2;;/p-2. The molecule has 0 aromatic carbocycles. The summed E-state index contributed by atoms with van der Waals surface area (Å²) in [6, 6.07) is 0. The Balaban J connectivity index is -0.00000144. The normalized spacial score (nSPS) is 11.7. The molecule has 0 unspecified atom stereocenters. The Labute approximate surface area is 162 Å². The average Bonchev–Trinajstić information content (AvgIpc) is 2.17. The zero-order valence-electron chi connectivity index (χ0n) is 14.7. The molecule has 0 bridgehead atoms. The minimum atomic E-state index is 0. The van der Waals surface area contributed by atoms with Crippen molar-refractivity contribution in [1.82, 2.24) is 0 Å². The molecule has 0 saturated heterocycles. The third-order valence-electron chi connectivity index (χ3n) is 3.41. The largest absolute Gasteiger partial charge is 1.00 e. The molecule has 0 saturated carbocycles. The second-order valence-corrected chi connectivity index (χ2v) is 7.86. The van der Waals surface area contributed by atoms with Crippen LogP contribution in [0.5, 0.6) is 0 Å². The molecule has 0 aromatic rings. The Kier molecular flexibility index (Phi) is 18.4. The number of hydrogen-bond acceptors (Lipinski definition) is 0. The van der Waals surface area contributed by atoms with Gasteiger partial charge in [-0.2, -0.15) is 0 Å². The minimum Gasteiger partial charge on any atom is -1.00 e. The lowest BCUT2D eigenvalue weighted by Crippen LogP contribution is -3.00. The van der Waals surface area contributed by atoms with E-state index in [4.69, 9.17) is 0 Å². The Hall–Kier alpha value is 1.38. The Morgan fingerprint density at radius 3 is 0.800 bits per heavy atom. The number of halogens is 2. The first kappa shape index (κ1) is 26.3. The van der Waals surface area contributed by atoms with Crippen LogP contribution in [-0.4, -0.2) is 64.3 Å². The molecule has 2 nitrogen and oxygen atoms in total. The fourth-order valence-corrected chi connectivity index (χ4v) is 2.23. The lowest BCUT2D eigenvalue weighted by atomic mass is 10.1. The van der Waals surface area contributed by atoms with E-state index in [0.717, 1.165) is 8.97 Å². The van der Waals surface area contributed by atoms with E-state index in [9.17, 15) is 0 Å². The van der Waals surface area contributed by atoms with Crippen molar-refractivity contribution in [2.75, 3.05) is 55.4 Å². The highest BCUT2D eigenvalue weighted by molar-refractivity contribution is 4.47. The molecule has 0 rings (SSSR count). The van der Waals surface area contributed by atoms with Crippen molar-refractivity contribution in [3.63, 3.8) is 0 Å². The Morgan fingerprint density at radius 1 is 0.400 bits per heavy atom. The topological polar surface area (TPSA) is 0 Å². The van der Waals surface area contributed by atoms with Crippen molar-refractivity contribution in [1.29, 1.82) is 0 Å². The summed E-state index contributed by atoms with van der Waals surface area (Å²) in [5.74, 6) is 0. The van der Waals surface area contributed by atoms with Crippen molar-refractivity contribution in [2.24, 2.45) is 0 Å². The van der Waals surface area contributed by atoms with Gasteiger partial charge in [-0.1, -0.05) is 25.7 Å². The predicted molar refractivity (Wildman–Crippen MR) is 82.7 cm³/mol. The summed E-state index contributed by atoms with van der Waals surface area (Å²) in [4.78, 5) is 0. The molecule has 0 fully saturated rings. The van der Waals surface area contributed by atoms with Crippen LogP contribution in [0, 0.1) is 0 Å². The van der Waals surface area contributed by atoms with Crippen LogP contribution in [0.2, 0.25) is 0 Å². The third kappa shape index (κ3) is 24.4. The smallest absolute Gasteiger partial charge is 0.0780 e. The molecule has 20 heavy (non-hydrogen) atoms. The van der Waals surface area contributed by atoms with Crippen molar-refractivity contribution >= 4 is 0 Å². The van der Waals surface area contributed by atoms with Crippen molar-refractivity contribution in [3.05, 3.63) is 0 Å². The van der Waals surface area contributed by atoms with E-state index in [2.05, 4.69) is 42.3 Å². The molecule has 0 aliphatic carbocycles. The van der Waals surface area contributed by atoms with E-state index in [0.29, 0.717) is 0 Å². The van der Waals surface area contributed by atoms with E-state index < -0.39 is 0 Å². The fourth-order valence-electron chi connectivity index (χ4n) is 2.23. The summed E-state index contributed by atoms with van der Waals surface area (Å²) in [6.07, 6.45) is 11.4. The molecule has 0 aliphatic rings. The van der Waals surface area contributed by atoms with Gasteiger partial charge in [0, 0.05) is 0 Å². The maximum atomic E-state index is 2.29. The van der Waals surface area contributed by atoms with E-state index in [-0.39, 0.29) is 48.0 Å². The zero-order chi connectivity index (χ0) is 14.1. The first-order valence-electron chi connectivity index (χ1n) is 7.82. The van der Waals surface area contributed by atoms with Gasteiger partial charge >= 0.3 is 0 Å². The van der Waals surface area contributed by atoms with E-state index in [1.807, 2.05) is 0 Å². The van der Waals surface area contributed by atoms with Crippen molar-refractivity contribution < 1.29 is 56.9 Å². The maximum Gasteiger partial charge on any atom is 0.0780 e. The molecule has 0 atom stereocenters. The number of rotatable bonds is 11. The van der Waals surface area contributed by atoms with Gasteiger partial charge in [0.1, 0.15) is 0 Å². The molecule has 0 N–H and O–H groups in total. The lowest BCUT2D eigenvalue weighted by molar-refractivity contribution is -0.870. The van der Waals surface area contributed by atoms with Gasteiger partial charge < -0.3 is 56.9 Å². The summed E-state index contributed by atoms with van der Waals surface area (Å²) in [5, 5.41) is 0. The summed E-state index contributed by atoms with van der Waals surface area (Å²) >= 11 is 0. The highest BCUT2D eigenvalue weighted by Gasteiger charge is 2.06. The third-order valence-corrected chi connectivity index (χ3v) is 3.41. The molecule has 126 valence electrons. The Bertz CT molecular complexity index is 174. The molecular formula is C16H38I2N2. The quantitative estimate of drug-likeness (QED) is 0.164. The van der Waals surface area contributed by atoms with Gasteiger partial charge in [0.25, 0.3) is 0 Å². The van der Waals surface area contributed by atoms with Gasteiger partial charge in [-0.05, 0) is 25.7 Å². The van der Waals surface area contributed by atoms with Crippen LogP contribution in [0.4, 0.5) is 0 Å². The zero-order valence-corrected chi connectivity index (χ0v) is 19.0. The highest BCUT2D eigenvalue weighted by Crippen LogP contribution is 2.10. The maximum absolute atomic E-state index is 2.29. The van der Waals surface area contributed by atoms with Crippen LogP contribution >= 0.6 is 0 Å². The van der Waals surface area contributed by atoms with E-state index in [1.165, 1.54) is 64.5 Å². The van der Waals surface area contributed by atoms with Crippen LogP contribution in [-0.2, 0) is 0 Å². The molecule has 0 heterocycles. The summed E-state index contributed by atoms with van der Waals surface area (Å²) < 4.78 is 2.23. The molecule has 4 heteroatoms. The fraction of sp³-hybridized carbons (Fsp3) is 1.00. The first-order valence-corrected chi connectivity index (χ1v) is 7.82.